The molecular weight excluding hydrogens is 330 g/mol. The first-order valence-electron chi connectivity index (χ1n) is 6.69. The van der Waals surface area contributed by atoms with Crippen molar-refractivity contribution in [2.75, 3.05) is 6.54 Å². The Bertz CT molecular complexity index is 782. The predicted molar refractivity (Wildman–Crippen MR) is 85.4 cm³/mol. The monoisotopic (exact) mass is 343 g/mol. The number of carbonyl (C=O) groups excluding carboxylic acids is 1. The molecule has 0 aliphatic carbocycles. The molecule has 0 atom stereocenters. The van der Waals surface area contributed by atoms with Crippen LogP contribution in [0.5, 0.6) is 0 Å². The molecule has 1 N–H and O–H groups in total. The average molecular weight is 344 g/mol. The summed E-state index contributed by atoms with van der Waals surface area (Å²) >= 11 is 3.36. The lowest BCUT2D eigenvalue weighted by Gasteiger charge is -2.05. The number of imidazole rings is 1. The van der Waals surface area contributed by atoms with E-state index < -0.39 is 0 Å². The molecule has 4 nitrogen and oxygen atoms in total. The second-order valence-corrected chi connectivity index (χ2v) is 5.60. The number of hydrogen-bond donors (Lipinski definition) is 1. The van der Waals surface area contributed by atoms with Gasteiger partial charge in [0.2, 0.25) is 0 Å². The highest BCUT2D eigenvalue weighted by Gasteiger charge is 2.07. The smallest absolute Gasteiger partial charge is 0.251 e. The SMILES string of the molecule is O=C(NCCc1ncc2ccccn12)c1cccc(Br)c1. The van der Waals surface area contributed by atoms with Gasteiger partial charge in [0.05, 0.1) is 11.7 Å². The van der Waals surface area contributed by atoms with Crippen LogP contribution in [0.1, 0.15) is 16.2 Å². The number of pyridine rings is 1. The number of benzene rings is 1. The van der Waals surface area contributed by atoms with Crippen LogP contribution in [-0.2, 0) is 6.42 Å². The molecule has 21 heavy (non-hydrogen) atoms. The number of hydrogen-bond acceptors (Lipinski definition) is 2. The third kappa shape index (κ3) is 3.13. The lowest BCUT2D eigenvalue weighted by molar-refractivity contribution is 0.0954. The summed E-state index contributed by atoms with van der Waals surface area (Å²) in [5, 5.41) is 2.92. The van der Waals surface area contributed by atoms with Crippen LogP contribution in [0.3, 0.4) is 0 Å². The van der Waals surface area contributed by atoms with Gasteiger partial charge in [0.25, 0.3) is 5.91 Å². The number of carbonyl (C=O) groups is 1. The number of rotatable bonds is 4. The molecule has 3 aromatic rings. The fourth-order valence-corrected chi connectivity index (χ4v) is 2.60. The van der Waals surface area contributed by atoms with E-state index in [2.05, 4.69) is 26.2 Å². The number of aromatic nitrogens is 2. The summed E-state index contributed by atoms with van der Waals surface area (Å²) in [6, 6.07) is 13.3. The fourth-order valence-electron chi connectivity index (χ4n) is 2.20. The number of nitrogens with one attached hydrogen (secondary N) is 1. The van der Waals surface area contributed by atoms with Gasteiger partial charge in [-0.2, -0.15) is 0 Å². The van der Waals surface area contributed by atoms with Gasteiger partial charge >= 0.3 is 0 Å². The maximum absolute atomic E-state index is 12.0. The average Bonchev–Trinajstić information content (AvgIpc) is 2.91. The first kappa shape index (κ1) is 13.8. The van der Waals surface area contributed by atoms with Crippen LogP contribution in [0.2, 0.25) is 0 Å². The van der Waals surface area contributed by atoms with Gasteiger partial charge in [0.15, 0.2) is 0 Å². The molecule has 0 spiro atoms. The largest absolute Gasteiger partial charge is 0.352 e. The van der Waals surface area contributed by atoms with E-state index in [0.717, 1.165) is 15.8 Å². The third-order valence-corrected chi connectivity index (χ3v) is 3.73. The number of fused-ring (bicyclic) bond motifs is 1. The van der Waals surface area contributed by atoms with Crippen molar-refractivity contribution in [3.63, 3.8) is 0 Å². The van der Waals surface area contributed by atoms with E-state index in [1.54, 1.807) is 12.1 Å². The maximum atomic E-state index is 12.0. The highest BCUT2D eigenvalue weighted by atomic mass is 79.9. The second-order valence-electron chi connectivity index (χ2n) is 4.69. The van der Waals surface area contributed by atoms with Crippen LogP contribution in [0.25, 0.3) is 5.52 Å². The molecule has 0 saturated carbocycles. The minimum absolute atomic E-state index is 0.0721. The van der Waals surface area contributed by atoms with Crippen molar-refractivity contribution in [1.29, 1.82) is 0 Å². The van der Waals surface area contributed by atoms with Crippen molar-refractivity contribution in [3.8, 4) is 0 Å². The van der Waals surface area contributed by atoms with Gasteiger partial charge < -0.3 is 9.72 Å². The zero-order chi connectivity index (χ0) is 14.7. The molecule has 1 amide bonds. The number of nitrogens with zero attached hydrogens (tertiary/aromatic N) is 2. The van der Waals surface area contributed by atoms with Crippen LogP contribution in [0, 0.1) is 0 Å². The first-order valence-corrected chi connectivity index (χ1v) is 7.48. The highest BCUT2D eigenvalue weighted by molar-refractivity contribution is 9.10. The Balaban J connectivity index is 1.62. The topological polar surface area (TPSA) is 46.4 Å². The number of amides is 1. The maximum Gasteiger partial charge on any atom is 0.251 e. The molecule has 2 aromatic heterocycles. The van der Waals surface area contributed by atoms with E-state index in [-0.39, 0.29) is 5.91 Å². The summed E-state index contributed by atoms with van der Waals surface area (Å²) in [5.41, 5.74) is 1.71. The summed E-state index contributed by atoms with van der Waals surface area (Å²) in [5.74, 6) is 0.873. The van der Waals surface area contributed by atoms with Crippen LogP contribution in [-0.4, -0.2) is 21.8 Å². The van der Waals surface area contributed by atoms with Gasteiger partial charge in [-0.3, -0.25) is 4.79 Å². The Morgan fingerprint density at radius 3 is 3.00 bits per heavy atom. The molecule has 0 fully saturated rings. The summed E-state index contributed by atoms with van der Waals surface area (Å²) in [4.78, 5) is 16.4. The highest BCUT2D eigenvalue weighted by Crippen LogP contribution is 2.11. The molecule has 0 unspecified atom stereocenters. The van der Waals surface area contributed by atoms with Crippen molar-refractivity contribution in [2.24, 2.45) is 0 Å². The molecule has 0 aliphatic rings. The van der Waals surface area contributed by atoms with Gasteiger partial charge in [0.1, 0.15) is 5.82 Å². The van der Waals surface area contributed by atoms with Crippen LogP contribution in [0.15, 0.2) is 59.3 Å². The fraction of sp³-hybridized carbons (Fsp3) is 0.125. The van der Waals surface area contributed by atoms with Crippen molar-refractivity contribution >= 4 is 27.4 Å². The molecule has 1 aromatic carbocycles. The Morgan fingerprint density at radius 2 is 2.14 bits per heavy atom. The van der Waals surface area contributed by atoms with E-state index in [9.17, 15) is 4.79 Å². The van der Waals surface area contributed by atoms with Gasteiger partial charge in [-0.25, -0.2) is 4.98 Å². The van der Waals surface area contributed by atoms with Gasteiger partial charge in [-0.05, 0) is 30.3 Å². The van der Waals surface area contributed by atoms with Gasteiger partial charge in [-0.15, -0.1) is 0 Å². The zero-order valence-corrected chi connectivity index (χ0v) is 12.9. The third-order valence-electron chi connectivity index (χ3n) is 3.24. The zero-order valence-electron chi connectivity index (χ0n) is 11.3. The van der Waals surface area contributed by atoms with Gasteiger partial charge in [0, 0.05) is 29.2 Å². The minimum Gasteiger partial charge on any atom is -0.352 e. The minimum atomic E-state index is -0.0721. The normalized spacial score (nSPS) is 10.7. The quantitative estimate of drug-likeness (QED) is 0.791. The lowest BCUT2D eigenvalue weighted by atomic mass is 10.2. The molecule has 106 valence electrons. The van der Waals surface area contributed by atoms with E-state index in [1.165, 1.54) is 0 Å². The van der Waals surface area contributed by atoms with Gasteiger partial charge in [-0.1, -0.05) is 28.1 Å². The predicted octanol–water partition coefficient (Wildman–Crippen LogP) is 3.07. The van der Waals surface area contributed by atoms with E-state index in [4.69, 9.17) is 0 Å². The first-order chi connectivity index (χ1) is 10.2. The van der Waals surface area contributed by atoms with Crippen LogP contribution in [0.4, 0.5) is 0 Å². The Labute approximate surface area is 131 Å². The summed E-state index contributed by atoms with van der Waals surface area (Å²) in [6.45, 7) is 0.555. The summed E-state index contributed by atoms with van der Waals surface area (Å²) in [7, 11) is 0. The van der Waals surface area contributed by atoms with Crippen molar-refractivity contribution < 1.29 is 4.79 Å². The molecule has 2 heterocycles. The van der Waals surface area contributed by atoms with Crippen LogP contribution >= 0.6 is 15.9 Å². The van der Waals surface area contributed by atoms with E-state index in [1.807, 2.05) is 47.1 Å². The number of halogens is 1. The molecule has 0 saturated heterocycles. The molecule has 0 radical (unpaired) electrons. The summed E-state index contributed by atoms with van der Waals surface area (Å²) < 4.78 is 2.93. The van der Waals surface area contributed by atoms with Crippen molar-refractivity contribution in [1.82, 2.24) is 14.7 Å². The lowest BCUT2D eigenvalue weighted by Crippen LogP contribution is -2.26. The molecule has 0 bridgehead atoms. The molecule has 3 rings (SSSR count). The Hall–Kier alpha value is -2.14. The van der Waals surface area contributed by atoms with E-state index in [0.29, 0.717) is 18.5 Å². The van der Waals surface area contributed by atoms with Crippen molar-refractivity contribution in [2.45, 2.75) is 6.42 Å². The molecule has 0 aliphatic heterocycles. The molecular formula is C16H14BrN3O. The Morgan fingerprint density at radius 1 is 1.24 bits per heavy atom. The van der Waals surface area contributed by atoms with Crippen LogP contribution < -0.4 is 5.32 Å². The van der Waals surface area contributed by atoms with Crippen molar-refractivity contribution in [3.05, 3.63) is 70.7 Å². The van der Waals surface area contributed by atoms with E-state index >= 15 is 0 Å². The second kappa shape index (κ2) is 6.10. The Kier molecular flexibility index (Phi) is 4.01. The molecule has 5 heteroatoms. The summed E-state index contributed by atoms with van der Waals surface area (Å²) in [6.07, 6.45) is 4.51. The standard InChI is InChI=1S/C16H14BrN3O/c17-13-5-3-4-12(10-13)16(21)18-8-7-15-19-11-14-6-1-2-9-20(14)15/h1-6,9-11H,7-8H2,(H,18,21).